The van der Waals surface area contributed by atoms with Crippen LogP contribution in [0.1, 0.15) is 0 Å². The monoisotopic (exact) mass is 302 g/mol. The predicted octanol–water partition coefficient (Wildman–Crippen LogP) is -7.28. The summed E-state index contributed by atoms with van der Waals surface area (Å²) in [5, 5.41) is 7.00. The van der Waals surface area contributed by atoms with Crippen LogP contribution in [0.2, 0.25) is 0 Å². The van der Waals surface area contributed by atoms with Crippen molar-refractivity contribution in [2.24, 2.45) is 0 Å². The van der Waals surface area contributed by atoms with Crippen molar-refractivity contribution in [1.29, 1.82) is 0 Å². The Labute approximate surface area is 144 Å². The molecule has 0 aromatic carbocycles. The fourth-order valence-electron chi connectivity index (χ4n) is 0. The van der Waals surface area contributed by atoms with Crippen molar-refractivity contribution in [2.45, 2.75) is 0 Å². The third-order valence-corrected chi connectivity index (χ3v) is 0. The molecule has 0 saturated carbocycles. The van der Waals surface area contributed by atoms with Crippen LogP contribution < -0.4 is 59.1 Å². The van der Waals surface area contributed by atoms with Crippen molar-refractivity contribution in [1.82, 2.24) is 0 Å². The van der Waals surface area contributed by atoms with Crippen molar-refractivity contribution in [3.63, 3.8) is 0 Å². The van der Waals surface area contributed by atoms with E-state index in [4.69, 9.17) is 13.9 Å². The first-order valence-corrected chi connectivity index (χ1v) is 6.40. The zero-order valence-corrected chi connectivity index (χ0v) is 16.3. The molecule has 0 aliphatic carbocycles. The first-order valence-electron chi connectivity index (χ1n) is 2.10. The average molecular weight is 302 g/mol. The Balaban J connectivity index is -0.0000000166. The standard InChI is InChI=1S/CH4O2S2.CH4O2S.CH4O.2Na.H2S/c1-5(2,3)4;1-4(2)3;1-2;;;/h1H3,(H,2,3,4);1H3,(H,2,3);2H,1H3;;;1H2/q;;;2*+1;/p-2. The number of rotatable bonds is 0. The molecule has 0 aromatic rings. The van der Waals surface area contributed by atoms with Crippen molar-refractivity contribution in [2.75, 3.05) is 19.6 Å². The van der Waals surface area contributed by atoms with Crippen LogP contribution in [0.3, 0.4) is 0 Å². The van der Waals surface area contributed by atoms with Gasteiger partial charge < -0.3 is 14.2 Å². The zero-order chi connectivity index (χ0) is 10.1. The van der Waals surface area contributed by atoms with Gasteiger partial charge in [-0.2, -0.15) is 13.5 Å². The summed E-state index contributed by atoms with van der Waals surface area (Å²) < 4.78 is 36.9. The Kier molecular flexibility index (Phi) is 63.7. The first kappa shape index (κ1) is 36.0. The van der Waals surface area contributed by atoms with Gasteiger partial charge in [0.2, 0.25) is 0 Å². The molecule has 0 saturated heterocycles. The third kappa shape index (κ3) is 369. The van der Waals surface area contributed by atoms with Crippen LogP contribution in [0.4, 0.5) is 0 Å². The molecule has 2 atom stereocenters. The van der Waals surface area contributed by atoms with E-state index in [1.807, 2.05) is 0 Å². The quantitative estimate of drug-likeness (QED) is 0.352. The molecule has 5 nitrogen and oxygen atoms in total. The van der Waals surface area contributed by atoms with E-state index in [0.29, 0.717) is 0 Å². The van der Waals surface area contributed by atoms with Crippen LogP contribution in [0, 0.1) is 0 Å². The summed E-state index contributed by atoms with van der Waals surface area (Å²) in [6, 6.07) is 0. The van der Waals surface area contributed by atoms with Gasteiger partial charge in [-0.1, -0.05) is 11.1 Å². The van der Waals surface area contributed by atoms with Crippen LogP contribution in [-0.2, 0) is 31.0 Å². The zero-order valence-electron chi connectivity index (χ0n) is 8.80. The Morgan fingerprint density at radius 3 is 1.36 bits per heavy atom. The van der Waals surface area contributed by atoms with E-state index in [9.17, 15) is 8.76 Å². The van der Waals surface area contributed by atoms with Gasteiger partial charge in [-0.05, 0) is 26.2 Å². The largest absolute Gasteiger partial charge is 1.00 e. The van der Waals surface area contributed by atoms with E-state index < -0.39 is 19.9 Å². The number of hydrogen-bond acceptors (Lipinski definition) is 6. The van der Waals surface area contributed by atoms with Gasteiger partial charge in [0.15, 0.2) is 0 Å². The van der Waals surface area contributed by atoms with Crippen LogP contribution in [-0.4, -0.2) is 42.3 Å². The molecule has 0 radical (unpaired) electrons. The summed E-state index contributed by atoms with van der Waals surface area (Å²) in [7, 11) is -2.08. The van der Waals surface area contributed by atoms with Gasteiger partial charge in [0.1, 0.15) is 0 Å². The van der Waals surface area contributed by atoms with Gasteiger partial charge in [0, 0.05) is 13.4 Å². The van der Waals surface area contributed by atoms with Gasteiger partial charge in [-0.15, -0.1) is 0 Å². The summed E-state index contributed by atoms with van der Waals surface area (Å²) in [6.45, 7) is 0. The summed E-state index contributed by atoms with van der Waals surface area (Å²) in [5.74, 6) is 0. The van der Waals surface area contributed by atoms with Gasteiger partial charge in [-0.25, -0.2) is 0 Å². The molecule has 0 spiro atoms. The van der Waals surface area contributed by atoms with E-state index in [0.717, 1.165) is 19.6 Å². The molecule has 2 unspecified atom stereocenters. The topological polar surface area (TPSA) is 100 Å². The minimum atomic E-state index is -3.08. The molecular weight excluding hydrogens is 290 g/mol. The second-order valence-electron chi connectivity index (χ2n) is 1.11. The second kappa shape index (κ2) is 24.8. The molecule has 0 aliphatic rings. The van der Waals surface area contributed by atoms with E-state index in [-0.39, 0.29) is 72.6 Å². The molecule has 80 valence electrons. The van der Waals surface area contributed by atoms with Crippen LogP contribution >= 0.6 is 13.5 Å². The third-order valence-electron chi connectivity index (χ3n) is 0. The van der Waals surface area contributed by atoms with Crippen LogP contribution in [0.15, 0.2) is 0 Å². The number of aliphatic hydroxyl groups excluding tert-OH is 1. The molecule has 11 heteroatoms. The van der Waals surface area contributed by atoms with E-state index in [1.54, 1.807) is 0 Å². The van der Waals surface area contributed by atoms with Crippen molar-refractivity contribution in [3.05, 3.63) is 0 Å². The summed E-state index contributed by atoms with van der Waals surface area (Å²) >= 11 is 1.94. The summed E-state index contributed by atoms with van der Waals surface area (Å²) in [6.07, 6.45) is 2.06. The van der Waals surface area contributed by atoms with Crippen molar-refractivity contribution < 1.29 is 81.7 Å². The fourth-order valence-corrected chi connectivity index (χ4v) is 0. The number of aliphatic hydroxyl groups is 1. The minimum absolute atomic E-state index is 0. The molecule has 0 fully saturated rings. The van der Waals surface area contributed by atoms with Gasteiger partial charge in [0.25, 0.3) is 0 Å². The maximum atomic E-state index is 9.45. The summed E-state index contributed by atoms with van der Waals surface area (Å²) in [4.78, 5) is 0. The maximum absolute atomic E-state index is 9.45. The Morgan fingerprint density at radius 1 is 1.36 bits per heavy atom. The predicted molar refractivity (Wildman–Crippen MR) is 55.6 cm³/mol. The van der Waals surface area contributed by atoms with Gasteiger partial charge in [-0.3, -0.25) is 8.42 Å². The summed E-state index contributed by atoms with van der Waals surface area (Å²) in [5.41, 5.74) is 0. The molecule has 0 heterocycles. The molecule has 0 bridgehead atoms. The second-order valence-corrected chi connectivity index (χ2v) is 5.13. The van der Waals surface area contributed by atoms with Crippen LogP contribution in [0.5, 0.6) is 0 Å². The normalized spacial score (nSPS) is 12.4. The smallest absolute Gasteiger partial charge is 0.773 e. The van der Waals surface area contributed by atoms with E-state index in [2.05, 4.69) is 11.2 Å². The molecular formula is C3H12Na2O5S4. The van der Waals surface area contributed by atoms with Gasteiger partial charge in [0.05, 0.1) is 0 Å². The maximum Gasteiger partial charge on any atom is 1.00 e. The van der Waals surface area contributed by atoms with E-state index in [1.165, 1.54) is 0 Å². The molecule has 14 heavy (non-hydrogen) atoms. The Hall–Kier alpha value is 2.75. The minimum Gasteiger partial charge on any atom is -0.773 e. The fraction of sp³-hybridized carbons (Fsp3) is 1.00. The first-order chi connectivity index (χ1) is 4.73. The van der Waals surface area contributed by atoms with Gasteiger partial charge >= 0.3 is 59.1 Å². The van der Waals surface area contributed by atoms with Crippen LogP contribution in [0.25, 0.3) is 0 Å². The molecule has 1 N–H and O–H groups in total. The molecule has 0 aromatic heterocycles. The van der Waals surface area contributed by atoms with Crippen molar-refractivity contribution >= 4 is 44.5 Å². The molecule has 0 rings (SSSR count). The Bertz CT molecular complexity index is 169. The number of hydrogen-bond donors (Lipinski definition) is 1. The molecule has 0 aliphatic heterocycles. The van der Waals surface area contributed by atoms with Crippen molar-refractivity contribution in [3.8, 4) is 0 Å². The SMILES string of the molecule is CO.CS(=O)([O-])=S.CS(=O)[O-].S.[Na+].[Na+]. The average Bonchev–Trinajstić information content (AvgIpc) is 1.63. The van der Waals surface area contributed by atoms with E-state index >= 15 is 0 Å². The molecule has 0 amide bonds. The Morgan fingerprint density at radius 2 is 1.36 bits per heavy atom.